The van der Waals surface area contributed by atoms with Crippen LogP contribution in [0.3, 0.4) is 0 Å². The van der Waals surface area contributed by atoms with Crippen molar-refractivity contribution >= 4 is 11.6 Å². The van der Waals surface area contributed by atoms with E-state index in [-0.39, 0.29) is 0 Å². The fourth-order valence-corrected chi connectivity index (χ4v) is 3.66. The first-order chi connectivity index (χ1) is 13.6. The molecule has 0 bridgehead atoms. The summed E-state index contributed by atoms with van der Waals surface area (Å²) in [5.41, 5.74) is 2.59. The van der Waals surface area contributed by atoms with E-state index >= 15 is 0 Å². The van der Waals surface area contributed by atoms with Gasteiger partial charge in [0.2, 0.25) is 0 Å². The number of likely N-dealkylation sites (N-methyl/N-ethyl adjacent to an activating group) is 2. The van der Waals surface area contributed by atoms with Crippen LogP contribution in [0.15, 0.2) is 29.3 Å². The zero-order valence-electron chi connectivity index (χ0n) is 18.4. The van der Waals surface area contributed by atoms with Crippen LogP contribution in [0.4, 0.5) is 5.69 Å². The smallest absolute Gasteiger partial charge is 0.191 e. The third-order valence-corrected chi connectivity index (χ3v) is 5.40. The number of hydrogen-bond acceptors (Lipinski definition) is 4. The summed E-state index contributed by atoms with van der Waals surface area (Å²) < 4.78 is 0. The van der Waals surface area contributed by atoms with Gasteiger partial charge in [-0.05, 0) is 71.1 Å². The average molecular weight is 389 g/mol. The van der Waals surface area contributed by atoms with Gasteiger partial charge in [0.1, 0.15) is 0 Å². The maximum absolute atomic E-state index is 4.36. The van der Waals surface area contributed by atoms with E-state index < -0.39 is 0 Å². The van der Waals surface area contributed by atoms with E-state index in [2.05, 4.69) is 75.5 Å². The fourth-order valence-electron chi connectivity index (χ4n) is 3.66. The molecule has 0 radical (unpaired) electrons. The normalized spacial score (nSPS) is 16.6. The Kier molecular flexibility index (Phi) is 10.1. The summed E-state index contributed by atoms with van der Waals surface area (Å²) in [7, 11) is 4.07. The van der Waals surface area contributed by atoms with Gasteiger partial charge in [-0.2, -0.15) is 0 Å². The maximum Gasteiger partial charge on any atom is 0.191 e. The minimum Gasteiger partial charge on any atom is -0.370 e. The second-order valence-corrected chi connectivity index (χ2v) is 7.70. The highest BCUT2D eigenvalue weighted by Crippen LogP contribution is 2.14. The Labute approximate surface area is 172 Å². The molecule has 28 heavy (non-hydrogen) atoms. The number of anilines is 1. The number of aliphatic imine (C=N–C) groups is 1. The SMILES string of the molecule is CCN(CCNC(=NC)NCCCN1CCCN(C)CC1)c1cccc(C)c1. The van der Waals surface area contributed by atoms with E-state index in [1.165, 1.54) is 43.9 Å². The van der Waals surface area contributed by atoms with Crippen LogP contribution in [-0.2, 0) is 0 Å². The summed E-state index contributed by atoms with van der Waals surface area (Å²) in [4.78, 5) is 11.8. The van der Waals surface area contributed by atoms with Crippen LogP contribution in [-0.4, -0.2) is 88.8 Å². The minimum absolute atomic E-state index is 0.875. The number of nitrogens with zero attached hydrogens (tertiary/aromatic N) is 4. The van der Waals surface area contributed by atoms with E-state index in [0.29, 0.717) is 0 Å². The van der Waals surface area contributed by atoms with Gasteiger partial charge in [-0.15, -0.1) is 0 Å². The zero-order valence-corrected chi connectivity index (χ0v) is 18.4. The summed E-state index contributed by atoms with van der Waals surface area (Å²) in [6.45, 7) is 14.1. The van der Waals surface area contributed by atoms with Gasteiger partial charge >= 0.3 is 0 Å². The Hall–Kier alpha value is -1.79. The molecule has 1 saturated heterocycles. The lowest BCUT2D eigenvalue weighted by molar-refractivity contribution is 0.274. The Morgan fingerprint density at radius 3 is 2.71 bits per heavy atom. The molecule has 0 aliphatic carbocycles. The molecule has 1 aromatic rings. The van der Waals surface area contributed by atoms with Gasteiger partial charge in [-0.3, -0.25) is 4.99 Å². The topological polar surface area (TPSA) is 46.1 Å². The molecule has 2 rings (SSSR count). The molecule has 1 aliphatic heterocycles. The van der Waals surface area contributed by atoms with Crippen molar-refractivity contribution in [3.8, 4) is 0 Å². The van der Waals surface area contributed by atoms with E-state index in [1.54, 1.807) is 0 Å². The number of nitrogens with one attached hydrogen (secondary N) is 2. The maximum atomic E-state index is 4.36. The zero-order chi connectivity index (χ0) is 20.2. The molecule has 6 nitrogen and oxygen atoms in total. The van der Waals surface area contributed by atoms with Gasteiger partial charge in [0.05, 0.1) is 0 Å². The summed E-state index contributed by atoms with van der Waals surface area (Å²) >= 11 is 0. The molecular weight excluding hydrogens is 348 g/mol. The van der Waals surface area contributed by atoms with Gasteiger partial charge in [0, 0.05) is 52.0 Å². The summed E-state index contributed by atoms with van der Waals surface area (Å²) in [6, 6.07) is 8.70. The molecular formula is C22H40N6. The van der Waals surface area contributed by atoms with Crippen molar-refractivity contribution in [1.29, 1.82) is 0 Å². The van der Waals surface area contributed by atoms with Crippen molar-refractivity contribution in [1.82, 2.24) is 20.4 Å². The van der Waals surface area contributed by atoms with Crippen LogP contribution in [0, 0.1) is 6.92 Å². The molecule has 0 atom stereocenters. The number of guanidine groups is 1. The van der Waals surface area contributed by atoms with E-state index in [9.17, 15) is 0 Å². The molecule has 6 heteroatoms. The van der Waals surface area contributed by atoms with E-state index in [1.807, 2.05) is 7.05 Å². The molecule has 1 heterocycles. The largest absolute Gasteiger partial charge is 0.370 e. The third kappa shape index (κ3) is 8.07. The first-order valence-electron chi connectivity index (χ1n) is 10.8. The second kappa shape index (κ2) is 12.6. The second-order valence-electron chi connectivity index (χ2n) is 7.70. The molecule has 2 N–H and O–H groups in total. The van der Waals surface area contributed by atoms with Crippen molar-refractivity contribution < 1.29 is 0 Å². The van der Waals surface area contributed by atoms with Crippen LogP contribution in [0.2, 0.25) is 0 Å². The summed E-state index contributed by atoms with van der Waals surface area (Å²) in [5, 5.41) is 6.91. The van der Waals surface area contributed by atoms with Crippen molar-refractivity contribution in [2.75, 3.05) is 77.9 Å². The van der Waals surface area contributed by atoms with Gasteiger partial charge in [0.15, 0.2) is 5.96 Å². The molecule has 158 valence electrons. The third-order valence-electron chi connectivity index (χ3n) is 5.40. The highest BCUT2D eigenvalue weighted by atomic mass is 15.2. The molecule has 0 unspecified atom stereocenters. The fraction of sp³-hybridized carbons (Fsp3) is 0.682. The highest BCUT2D eigenvalue weighted by Gasteiger charge is 2.11. The van der Waals surface area contributed by atoms with Crippen LogP contribution in [0.25, 0.3) is 0 Å². The molecule has 0 saturated carbocycles. The molecule has 0 amide bonds. The number of benzene rings is 1. The number of rotatable bonds is 9. The average Bonchev–Trinajstić information content (AvgIpc) is 2.91. The Morgan fingerprint density at radius 2 is 1.96 bits per heavy atom. The Balaban J connectivity index is 1.64. The van der Waals surface area contributed by atoms with Crippen molar-refractivity contribution in [3.05, 3.63) is 29.8 Å². The Morgan fingerprint density at radius 1 is 1.14 bits per heavy atom. The van der Waals surface area contributed by atoms with Crippen LogP contribution >= 0.6 is 0 Å². The first-order valence-corrected chi connectivity index (χ1v) is 10.8. The molecule has 0 aromatic heterocycles. The van der Waals surface area contributed by atoms with Crippen molar-refractivity contribution in [3.63, 3.8) is 0 Å². The first kappa shape index (κ1) is 22.5. The van der Waals surface area contributed by atoms with Crippen LogP contribution < -0.4 is 15.5 Å². The predicted octanol–water partition coefficient (Wildman–Crippen LogP) is 2.01. The monoisotopic (exact) mass is 388 g/mol. The van der Waals surface area contributed by atoms with Crippen LogP contribution in [0.1, 0.15) is 25.3 Å². The van der Waals surface area contributed by atoms with Gasteiger partial charge in [-0.25, -0.2) is 0 Å². The van der Waals surface area contributed by atoms with Crippen molar-refractivity contribution in [2.45, 2.75) is 26.7 Å². The van der Waals surface area contributed by atoms with Gasteiger partial charge in [-0.1, -0.05) is 12.1 Å². The predicted molar refractivity (Wildman–Crippen MR) is 122 cm³/mol. The molecule has 1 aromatic carbocycles. The minimum atomic E-state index is 0.875. The highest BCUT2D eigenvalue weighted by molar-refractivity contribution is 5.79. The lowest BCUT2D eigenvalue weighted by atomic mass is 10.2. The molecule has 0 spiro atoms. The quantitative estimate of drug-likeness (QED) is 0.385. The molecule has 1 aliphatic rings. The molecule has 1 fully saturated rings. The number of hydrogen-bond donors (Lipinski definition) is 2. The lowest BCUT2D eigenvalue weighted by Gasteiger charge is -2.24. The van der Waals surface area contributed by atoms with E-state index in [4.69, 9.17) is 0 Å². The van der Waals surface area contributed by atoms with Crippen LogP contribution in [0.5, 0.6) is 0 Å². The summed E-state index contributed by atoms with van der Waals surface area (Å²) in [6.07, 6.45) is 2.43. The van der Waals surface area contributed by atoms with Crippen molar-refractivity contribution in [2.24, 2.45) is 4.99 Å². The Bertz CT molecular complexity index is 588. The van der Waals surface area contributed by atoms with E-state index in [0.717, 1.165) is 45.1 Å². The summed E-state index contributed by atoms with van der Waals surface area (Å²) in [5.74, 6) is 0.899. The number of aryl methyl sites for hydroxylation is 1. The van der Waals surface area contributed by atoms with Gasteiger partial charge < -0.3 is 25.3 Å². The lowest BCUT2D eigenvalue weighted by Crippen LogP contribution is -2.42. The standard InChI is InChI=1S/C22H40N6/c1-5-28(21-10-6-9-20(2)19-21)16-12-25-22(23-3)24-11-7-14-27-15-8-13-26(4)17-18-27/h6,9-10,19H,5,7-8,11-18H2,1-4H3,(H2,23,24,25). The van der Waals surface area contributed by atoms with Gasteiger partial charge in [0.25, 0.3) is 0 Å².